The highest BCUT2D eigenvalue weighted by atomic mass is 16.3. The second-order valence-electron chi connectivity index (χ2n) is 4.73. The minimum Gasteiger partial charge on any atom is -0.388 e. The molecule has 0 saturated carbocycles. The molecule has 0 aliphatic rings. The highest BCUT2D eigenvalue weighted by molar-refractivity contribution is 5.92. The van der Waals surface area contributed by atoms with Crippen LogP contribution in [0.15, 0.2) is 16.9 Å². The van der Waals surface area contributed by atoms with E-state index in [1.165, 1.54) is 15.6 Å². The summed E-state index contributed by atoms with van der Waals surface area (Å²) in [5, 5.41) is 14.0. The van der Waals surface area contributed by atoms with E-state index in [0.29, 0.717) is 17.0 Å². The van der Waals surface area contributed by atoms with Gasteiger partial charge in [-0.1, -0.05) is 13.8 Å². The van der Waals surface area contributed by atoms with Crippen molar-refractivity contribution in [3.05, 3.63) is 39.6 Å². The highest BCUT2D eigenvalue weighted by Crippen LogP contribution is 2.21. The van der Waals surface area contributed by atoms with E-state index in [4.69, 9.17) is 5.11 Å². The van der Waals surface area contributed by atoms with Crippen LogP contribution < -0.4 is 5.69 Å². The van der Waals surface area contributed by atoms with Crippen LogP contribution in [0.25, 0.3) is 16.6 Å². The highest BCUT2D eigenvalue weighted by Gasteiger charge is 2.12. The molecule has 0 amide bonds. The van der Waals surface area contributed by atoms with Crippen molar-refractivity contribution >= 4 is 16.6 Å². The molecule has 1 aromatic carbocycles. The normalized spacial score (nSPS) is 11.6. The van der Waals surface area contributed by atoms with E-state index in [0.717, 1.165) is 18.2 Å². The molecule has 0 spiro atoms. The van der Waals surface area contributed by atoms with Crippen molar-refractivity contribution < 1.29 is 5.11 Å². The third-order valence-corrected chi connectivity index (χ3v) is 3.58. The Morgan fingerprint density at radius 2 is 1.95 bits per heavy atom. The van der Waals surface area contributed by atoms with E-state index < -0.39 is 5.69 Å². The quantitative estimate of drug-likeness (QED) is 0.750. The van der Waals surface area contributed by atoms with E-state index in [2.05, 4.69) is 35.0 Å². The minimum atomic E-state index is -0.435. The molecule has 104 valence electrons. The molecule has 0 radical (unpaired) electrons. The van der Waals surface area contributed by atoms with Crippen molar-refractivity contribution in [1.29, 1.82) is 0 Å². The lowest BCUT2D eigenvalue weighted by atomic mass is 10.0. The Morgan fingerprint density at radius 1 is 1.25 bits per heavy atom. The van der Waals surface area contributed by atoms with Crippen molar-refractivity contribution in [2.45, 2.75) is 33.3 Å². The second kappa shape index (κ2) is 4.72. The fraction of sp³-hybridized carbons (Fsp3) is 0.357. The number of H-pyrrole nitrogens is 1. The number of hydrogen-bond donors (Lipinski definition) is 2. The van der Waals surface area contributed by atoms with Gasteiger partial charge in [0.25, 0.3) is 0 Å². The van der Waals surface area contributed by atoms with Crippen LogP contribution in [0.3, 0.4) is 0 Å². The molecule has 2 aromatic heterocycles. The molecule has 3 rings (SSSR count). The lowest BCUT2D eigenvalue weighted by Gasteiger charge is -2.08. The molecule has 0 aliphatic heterocycles. The van der Waals surface area contributed by atoms with Gasteiger partial charge in [-0.3, -0.25) is 0 Å². The van der Waals surface area contributed by atoms with Crippen LogP contribution in [-0.4, -0.2) is 24.7 Å². The summed E-state index contributed by atoms with van der Waals surface area (Å²) in [6.45, 7) is 3.95. The number of fused-ring (bicyclic) bond motifs is 3. The van der Waals surface area contributed by atoms with Crippen LogP contribution in [0.2, 0.25) is 0 Å². The largest absolute Gasteiger partial charge is 0.388 e. The second-order valence-corrected chi connectivity index (χ2v) is 4.73. The minimum absolute atomic E-state index is 0.240. The third-order valence-electron chi connectivity index (χ3n) is 3.58. The Balaban J connectivity index is 2.45. The van der Waals surface area contributed by atoms with Crippen LogP contribution in [0, 0.1) is 0 Å². The molecule has 0 fully saturated rings. The number of aliphatic hydroxyl groups excluding tert-OH is 1. The van der Waals surface area contributed by atoms with Gasteiger partial charge in [-0.15, -0.1) is 5.10 Å². The first kappa shape index (κ1) is 12.8. The summed E-state index contributed by atoms with van der Waals surface area (Å²) in [4.78, 5) is 19.0. The third kappa shape index (κ3) is 1.80. The molecule has 2 heterocycles. The molecule has 0 atom stereocenters. The van der Waals surface area contributed by atoms with Gasteiger partial charge >= 0.3 is 5.69 Å². The number of aromatic amines is 1. The summed E-state index contributed by atoms with van der Waals surface area (Å²) in [5.41, 5.74) is 3.26. The number of aryl methyl sites for hydroxylation is 2. The summed E-state index contributed by atoms with van der Waals surface area (Å²) in [6.07, 6.45) is 1.83. The van der Waals surface area contributed by atoms with Crippen molar-refractivity contribution in [3.63, 3.8) is 0 Å². The Hall–Kier alpha value is -2.21. The predicted molar refractivity (Wildman–Crippen MR) is 75.8 cm³/mol. The monoisotopic (exact) mass is 272 g/mol. The SMILES string of the molecule is CCc1cc2nc(=O)n3nc(CO)[nH]c3c2cc1CC. The number of nitrogens with one attached hydrogen (secondary N) is 1. The summed E-state index contributed by atoms with van der Waals surface area (Å²) < 4.78 is 1.21. The summed E-state index contributed by atoms with van der Waals surface area (Å²) in [6, 6.07) is 4.02. The first-order valence-corrected chi connectivity index (χ1v) is 6.72. The number of hydrogen-bond acceptors (Lipinski definition) is 4. The molecule has 0 saturated heterocycles. The van der Waals surface area contributed by atoms with Crippen LogP contribution in [0.5, 0.6) is 0 Å². The van der Waals surface area contributed by atoms with Gasteiger partial charge in [0.1, 0.15) is 12.3 Å². The van der Waals surface area contributed by atoms with Gasteiger partial charge in [0.15, 0.2) is 5.82 Å². The van der Waals surface area contributed by atoms with Gasteiger partial charge in [0, 0.05) is 5.39 Å². The van der Waals surface area contributed by atoms with Crippen molar-refractivity contribution in [2.75, 3.05) is 0 Å². The first-order valence-electron chi connectivity index (χ1n) is 6.72. The fourth-order valence-electron chi connectivity index (χ4n) is 2.54. The average molecular weight is 272 g/mol. The van der Waals surface area contributed by atoms with Crippen LogP contribution in [0.4, 0.5) is 0 Å². The standard InChI is InChI=1S/C14H16N4O2/c1-3-8-5-10-11(6-9(8)4-2)15-14(20)18-13(10)16-12(7-19)17-18/h5-6,19H,3-4,7H2,1-2H3,(H,16,17). The summed E-state index contributed by atoms with van der Waals surface area (Å²) in [7, 11) is 0. The molecular weight excluding hydrogens is 256 g/mol. The molecule has 0 unspecified atom stereocenters. The van der Waals surface area contributed by atoms with Crippen molar-refractivity contribution in [2.24, 2.45) is 0 Å². The van der Waals surface area contributed by atoms with Gasteiger partial charge in [0.2, 0.25) is 0 Å². The van der Waals surface area contributed by atoms with Crippen LogP contribution in [0.1, 0.15) is 30.8 Å². The molecule has 2 N–H and O–H groups in total. The zero-order valence-electron chi connectivity index (χ0n) is 11.5. The first-order chi connectivity index (χ1) is 9.67. The van der Waals surface area contributed by atoms with Crippen molar-refractivity contribution in [3.8, 4) is 0 Å². The number of aliphatic hydroxyl groups is 1. The maximum absolute atomic E-state index is 12.0. The molecule has 6 heteroatoms. The van der Waals surface area contributed by atoms with Gasteiger partial charge in [-0.25, -0.2) is 4.79 Å². The number of rotatable bonds is 3. The van der Waals surface area contributed by atoms with Crippen molar-refractivity contribution in [1.82, 2.24) is 19.6 Å². The molecule has 0 bridgehead atoms. The van der Waals surface area contributed by atoms with E-state index in [1.807, 2.05) is 6.07 Å². The molecule has 20 heavy (non-hydrogen) atoms. The van der Waals surface area contributed by atoms with E-state index in [9.17, 15) is 4.79 Å². The predicted octanol–water partition coefficient (Wildman–Crippen LogP) is 1.19. The lowest BCUT2D eigenvalue weighted by molar-refractivity contribution is 0.271. The topological polar surface area (TPSA) is 83.3 Å². The zero-order chi connectivity index (χ0) is 14.3. The zero-order valence-corrected chi connectivity index (χ0v) is 11.5. The Bertz CT molecular complexity index is 848. The lowest BCUT2D eigenvalue weighted by Crippen LogP contribution is -2.17. The number of benzene rings is 1. The number of nitrogens with zero attached hydrogens (tertiary/aromatic N) is 3. The van der Waals surface area contributed by atoms with Gasteiger partial charge < -0.3 is 10.1 Å². The maximum Gasteiger partial charge on any atom is 0.370 e. The van der Waals surface area contributed by atoms with E-state index in [1.54, 1.807) is 0 Å². The van der Waals surface area contributed by atoms with Gasteiger partial charge in [-0.05, 0) is 36.1 Å². The average Bonchev–Trinajstić information content (AvgIpc) is 2.91. The molecule has 3 aromatic rings. The van der Waals surface area contributed by atoms with Crippen LogP contribution in [-0.2, 0) is 19.4 Å². The Labute approximate surface area is 115 Å². The molecule has 6 nitrogen and oxygen atoms in total. The Morgan fingerprint density at radius 3 is 2.60 bits per heavy atom. The van der Waals surface area contributed by atoms with Gasteiger partial charge in [-0.2, -0.15) is 9.50 Å². The van der Waals surface area contributed by atoms with E-state index >= 15 is 0 Å². The smallest absolute Gasteiger partial charge is 0.370 e. The molecular formula is C14H16N4O2. The summed E-state index contributed by atoms with van der Waals surface area (Å²) in [5.74, 6) is 0.356. The summed E-state index contributed by atoms with van der Waals surface area (Å²) >= 11 is 0. The van der Waals surface area contributed by atoms with Gasteiger partial charge in [0.05, 0.1) is 5.52 Å². The Kier molecular flexibility index (Phi) is 3.02. The fourth-order valence-corrected chi connectivity index (χ4v) is 2.54. The van der Waals surface area contributed by atoms with Crippen LogP contribution >= 0.6 is 0 Å². The number of aromatic nitrogens is 4. The van der Waals surface area contributed by atoms with E-state index in [-0.39, 0.29) is 6.61 Å². The maximum atomic E-state index is 12.0. The molecule has 0 aliphatic carbocycles.